The summed E-state index contributed by atoms with van der Waals surface area (Å²) in [4.78, 5) is 6.94. The van der Waals surface area contributed by atoms with Crippen molar-refractivity contribution in [2.75, 3.05) is 14.7 Å². The first kappa shape index (κ1) is 31.9. The number of benzene rings is 9. The van der Waals surface area contributed by atoms with Crippen molar-refractivity contribution in [3.63, 3.8) is 0 Å². The standard InChI is InChI=1S/C50H37N3/c1-6-16-40(17-7-1)51(41-18-8-2-9-19-41)45-28-30-46(31-29-45)53(44-24-14-5-15-25-44)48-33-35-50-39(37-48)27-26-38-36-47(32-34-49(38)50)52(42-20-10-3-11-21-42)43-22-12-4-13-23-43/h1-37H. The Hall–Kier alpha value is -7.10. The third-order valence-corrected chi connectivity index (χ3v) is 9.76. The first-order valence-electron chi connectivity index (χ1n) is 18.0. The fourth-order valence-electron chi connectivity index (χ4n) is 7.30. The molecule has 9 aromatic carbocycles. The van der Waals surface area contributed by atoms with Gasteiger partial charge in [-0.05, 0) is 131 Å². The van der Waals surface area contributed by atoms with Crippen molar-refractivity contribution in [2.24, 2.45) is 0 Å². The molecule has 0 unspecified atom stereocenters. The molecule has 0 heterocycles. The minimum atomic E-state index is 1.09. The molecule has 0 radical (unpaired) electrons. The van der Waals surface area contributed by atoms with Crippen molar-refractivity contribution < 1.29 is 0 Å². The highest BCUT2D eigenvalue weighted by Gasteiger charge is 2.17. The molecule has 0 atom stereocenters. The molecular weight excluding hydrogens is 643 g/mol. The Balaban J connectivity index is 1.10. The number of anilines is 9. The molecule has 0 aromatic heterocycles. The molecule has 9 aromatic rings. The topological polar surface area (TPSA) is 9.72 Å². The van der Waals surface area contributed by atoms with Gasteiger partial charge in [-0.3, -0.25) is 0 Å². The van der Waals surface area contributed by atoms with Gasteiger partial charge < -0.3 is 14.7 Å². The maximum Gasteiger partial charge on any atom is 0.0468 e. The van der Waals surface area contributed by atoms with Crippen molar-refractivity contribution in [1.29, 1.82) is 0 Å². The first-order chi connectivity index (χ1) is 26.3. The molecule has 0 N–H and O–H groups in total. The van der Waals surface area contributed by atoms with Gasteiger partial charge in [0.05, 0.1) is 0 Å². The lowest BCUT2D eigenvalue weighted by molar-refractivity contribution is 1.26. The van der Waals surface area contributed by atoms with E-state index < -0.39 is 0 Å². The fourth-order valence-corrected chi connectivity index (χ4v) is 7.30. The zero-order chi connectivity index (χ0) is 35.4. The number of hydrogen-bond acceptors (Lipinski definition) is 3. The van der Waals surface area contributed by atoms with Gasteiger partial charge in [-0.1, -0.05) is 115 Å². The van der Waals surface area contributed by atoms with Gasteiger partial charge in [0, 0.05) is 51.2 Å². The molecule has 0 amide bonds. The summed E-state index contributed by atoms with van der Waals surface area (Å²) >= 11 is 0. The van der Waals surface area contributed by atoms with E-state index >= 15 is 0 Å². The van der Waals surface area contributed by atoms with Crippen LogP contribution in [-0.2, 0) is 0 Å². The molecule has 53 heavy (non-hydrogen) atoms. The van der Waals surface area contributed by atoms with Gasteiger partial charge >= 0.3 is 0 Å². The summed E-state index contributed by atoms with van der Waals surface area (Å²) in [5.74, 6) is 0. The second-order valence-corrected chi connectivity index (χ2v) is 13.1. The summed E-state index contributed by atoms with van der Waals surface area (Å²) in [5, 5.41) is 4.86. The van der Waals surface area contributed by atoms with Crippen LogP contribution in [-0.4, -0.2) is 0 Å². The average Bonchev–Trinajstić information content (AvgIpc) is 3.23. The van der Waals surface area contributed by atoms with Crippen LogP contribution in [0.25, 0.3) is 21.5 Å². The Morgan fingerprint density at radius 3 is 0.698 bits per heavy atom. The van der Waals surface area contributed by atoms with Gasteiger partial charge in [0.15, 0.2) is 0 Å². The van der Waals surface area contributed by atoms with Gasteiger partial charge in [0.25, 0.3) is 0 Å². The lowest BCUT2D eigenvalue weighted by atomic mass is 10.00. The van der Waals surface area contributed by atoms with Gasteiger partial charge in [-0.2, -0.15) is 0 Å². The fraction of sp³-hybridized carbons (Fsp3) is 0. The lowest BCUT2D eigenvalue weighted by Gasteiger charge is -2.28. The van der Waals surface area contributed by atoms with Crippen molar-refractivity contribution in [2.45, 2.75) is 0 Å². The van der Waals surface area contributed by atoms with Crippen LogP contribution in [0.1, 0.15) is 0 Å². The zero-order valence-corrected chi connectivity index (χ0v) is 29.2. The van der Waals surface area contributed by atoms with Crippen LogP contribution in [0.4, 0.5) is 51.2 Å². The van der Waals surface area contributed by atoms with Crippen LogP contribution >= 0.6 is 0 Å². The van der Waals surface area contributed by atoms with Crippen LogP contribution in [0.3, 0.4) is 0 Å². The molecule has 0 saturated carbocycles. The number of rotatable bonds is 9. The number of para-hydroxylation sites is 5. The van der Waals surface area contributed by atoms with Crippen molar-refractivity contribution in [3.05, 3.63) is 224 Å². The number of fused-ring (bicyclic) bond motifs is 3. The SMILES string of the molecule is c1ccc(N(c2ccccc2)c2ccc(N(c3ccccc3)c3ccc4c(ccc5cc(N(c6ccccc6)c6ccccc6)ccc54)c3)cc2)cc1. The maximum absolute atomic E-state index is 2.34. The Bertz CT molecular complexity index is 2510. The monoisotopic (exact) mass is 679 g/mol. The molecule has 0 saturated heterocycles. The number of nitrogens with zero attached hydrogens (tertiary/aromatic N) is 3. The smallest absolute Gasteiger partial charge is 0.0468 e. The van der Waals surface area contributed by atoms with Crippen LogP contribution in [0.2, 0.25) is 0 Å². The molecule has 3 nitrogen and oxygen atoms in total. The van der Waals surface area contributed by atoms with Crippen LogP contribution in [0.5, 0.6) is 0 Å². The quantitative estimate of drug-likeness (QED) is 0.141. The Morgan fingerprint density at radius 2 is 0.415 bits per heavy atom. The van der Waals surface area contributed by atoms with E-state index in [2.05, 4.69) is 239 Å². The van der Waals surface area contributed by atoms with Crippen molar-refractivity contribution in [3.8, 4) is 0 Å². The summed E-state index contributed by atoms with van der Waals surface area (Å²) in [5.41, 5.74) is 10.0. The van der Waals surface area contributed by atoms with E-state index in [1.54, 1.807) is 0 Å². The first-order valence-corrected chi connectivity index (χ1v) is 18.0. The van der Waals surface area contributed by atoms with Crippen molar-refractivity contribution >= 4 is 72.7 Å². The van der Waals surface area contributed by atoms with E-state index in [1.807, 2.05) is 0 Å². The van der Waals surface area contributed by atoms with Gasteiger partial charge in [0.1, 0.15) is 0 Å². The van der Waals surface area contributed by atoms with Gasteiger partial charge in [-0.25, -0.2) is 0 Å². The van der Waals surface area contributed by atoms with E-state index in [4.69, 9.17) is 0 Å². The Kier molecular flexibility index (Phi) is 8.57. The minimum absolute atomic E-state index is 1.09. The van der Waals surface area contributed by atoms with Crippen LogP contribution in [0.15, 0.2) is 224 Å². The minimum Gasteiger partial charge on any atom is -0.311 e. The summed E-state index contributed by atoms with van der Waals surface area (Å²) in [6, 6.07) is 79.8. The van der Waals surface area contributed by atoms with Crippen LogP contribution < -0.4 is 14.7 Å². The normalized spacial score (nSPS) is 11.0. The zero-order valence-electron chi connectivity index (χ0n) is 29.2. The number of hydrogen-bond donors (Lipinski definition) is 0. The molecule has 0 aliphatic heterocycles. The highest BCUT2D eigenvalue weighted by Crippen LogP contribution is 2.41. The van der Waals surface area contributed by atoms with E-state index in [0.29, 0.717) is 0 Å². The Labute approximate surface area is 310 Å². The Morgan fingerprint density at radius 1 is 0.189 bits per heavy atom. The van der Waals surface area contributed by atoms with Gasteiger partial charge in [0.2, 0.25) is 0 Å². The van der Waals surface area contributed by atoms with E-state index in [0.717, 1.165) is 51.2 Å². The van der Waals surface area contributed by atoms with E-state index in [9.17, 15) is 0 Å². The molecule has 0 spiro atoms. The second-order valence-electron chi connectivity index (χ2n) is 13.1. The predicted octanol–water partition coefficient (Wildman–Crippen LogP) is 14.4. The summed E-state index contributed by atoms with van der Waals surface area (Å²) in [7, 11) is 0. The van der Waals surface area contributed by atoms with Crippen molar-refractivity contribution in [1.82, 2.24) is 0 Å². The molecule has 3 heteroatoms. The molecule has 252 valence electrons. The molecule has 0 aliphatic carbocycles. The predicted molar refractivity (Wildman–Crippen MR) is 226 cm³/mol. The van der Waals surface area contributed by atoms with E-state index in [-0.39, 0.29) is 0 Å². The maximum atomic E-state index is 2.34. The third-order valence-electron chi connectivity index (χ3n) is 9.76. The third kappa shape index (κ3) is 6.37. The molecule has 0 aliphatic rings. The largest absolute Gasteiger partial charge is 0.311 e. The molecule has 0 fully saturated rings. The highest BCUT2D eigenvalue weighted by molar-refractivity contribution is 6.09. The van der Waals surface area contributed by atoms with E-state index in [1.165, 1.54) is 21.5 Å². The van der Waals surface area contributed by atoms with Crippen LogP contribution in [0, 0.1) is 0 Å². The highest BCUT2D eigenvalue weighted by atomic mass is 15.2. The second kappa shape index (κ2) is 14.3. The van der Waals surface area contributed by atoms with Gasteiger partial charge in [-0.15, -0.1) is 0 Å². The lowest BCUT2D eigenvalue weighted by Crippen LogP contribution is -2.12. The molecular formula is C50H37N3. The summed E-state index contributed by atoms with van der Waals surface area (Å²) < 4.78 is 0. The molecule has 0 bridgehead atoms. The summed E-state index contributed by atoms with van der Waals surface area (Å²) in [6.45, 7) is 0. The molecule has 9 rings (SSSR count). The summed E-state index contributed by atoms with van der Waals surface area (Å²) in [6.07, 6.45) is 0. The average molecular weight is 680 g/mol.